The zero-order valence-corrected chi connectivity index (χ0v) is 12.9. The number of rotatable bonds is 8. The van der Waals surface area contributed by atoms with Gasteiger partial charge in [-0.1, -0.05) is 32.0 Å². The van der Waals surface area contributed by atoms with Crippen molar-refractivity contribution in [1.29, 1.82) is 0 Å². The number of ether oxygens (including phenoxy) is 1. The fourth-order valence-corrected chi connectivity index (χ4v) is 2.04. The van der Waals surface area contributed by atoms with Crippen LogP contribution in [0.2, 0.25) is 0 Å². The lowest BCUT2D eigenvalue weighted by Gasteiger charge is -2.09. The summed E-state index contributed by atoms with van der Waals surface area (Å²) in [5.74, 6) is 1.60. The monoisotopic (exact) mass is 284 g/mol. The fourth-order valence-electron chi connectivity index (χ4n) is 2.04. The molecule has 1 N–H and O–H groups in total. The lowest BCUT2D eigenvalue weighted by Crippen LogP contribution is -2.18. The predicted octanol–water partition coefficient (Wildman–Crippen LogP) is 3.45. The van der Waals surface area contributed by atoms with Gasteiger partial charge >= 0.3 is 0 Å². The summed E-state index contributed by atoms with van der Waals surface area (Å²) in [4.78, 5) is 4.10. The molecule has 2 aromatic rings. The normalized spacial score (nSPS) is 10.8. The van der Waals surface area contributed by atoms with Crippen molar-refractivity contribution in [3.8, 4) is 5.75 Å². The van der Waals surface area contributed by atoms with Crippen LogP contribution in [0.4, 0.5) is 0 Å². The Morgan fingerprint density at radius 2 is 1.90 bits per heavy atom. The average Bonchev–Trinajstić information content (AvgIpc) is 2.50. The van der Waals surface area contributed by atoms with Gasteiger partial charge in [0.25, 0.3) is 0 Å². The largest absolute Gasteiger partial charge is 0.493 e. The van der Waals surface area contributed by atoms with Gasteiger partial charge in [-0.15, -0.1) is 0 Å². The van der Waals surface area contributed by atoms with E-state index in [9.17, 15) is 0 Å². The highest BCUT2D eigenvalue weighted by Crippen LogP contribution is 2.12. The molecule has 0 unspecified atom stereocenters. The highest BCUT2D eigenvalue weighted by atomic mass is 16.5. The highest BCUT2D eigenvalue weighted by Gasteiger charge is 1.98. The number of hydrogen-bond donors (Lipinski definition) is 1. The van der Waals surface area contributed by atoms with E-state index in [1.165, 1.54) is 11.1 Å². The van der Waals surface area contributed by atoms with Crippen LogP contribution < -0.4 is 10.1 Å². The van der Waals surface area contributed by atoms with Gasteiger partial charge < -0.3 is 10.1 Å². The van der Waals surface area contributed by atoms with Crippen LogP contribution in [-0.4, -0.2) is 18.1 Å². The Bertz CT molecular complexity index is 509. The molecule has 112 valence electrons. The minimum atomic E-state index is 0.677. The lowest BCUT2D eigenvalue weighted by atomic mass is 10.2. The zero-order chi connectivity index (χ0) is 14.9. The molecule has 0 saturated carbocycles. The number of pyridine rings is 1. The SMILES string of the molecule is CC(C)CNCc1ccc(OCCc2cccnc2)cc1. The first-order chi connectivity index (χ1) is 10.2. The van der Waals surface area contributed by atoms with E-state index in [0.29, 0.717) is 12.5 Å². The van der Waals surface area contributed by atoms with E-state index in [0.717, 1.165) is 25.3 Å². The van der Waals surface area contributed by atoms with Gasteiger partial charge in [0.2, 0.25) is 0 Å². The van der Waals surface area contributed by atoms with Gasteiger partial charge in [0.05, 0.1) is 6.61 Å². The molecule has 1 aromatic carbocycles. The quantitative estimate of drug-likeness (QED) is 0.806. The maximum absolute atomic E-state index is 5.76. The van der Waals surface area contributed by atoms with Crippen molar-refractivity contribution in [2.45, 2.75) is 26.8 Å². The Labute approximate surface area is 127 Å². The Kier molecular flexibility index (Phi) is 6.22. The van der Waals surface area contributed by atoms with Crippen molar-refractivity contribution >= 4 is 0 Å². The van der Waals surface area contributed by atoms with Crippen molar-refractivity contribution in [2.24, 2.45) is 5.92 Å². The summed E-state index contributed by atoms with van der Waals surface area (Å²) in [7, 11) is 0. The maximum Gasteiger partial charge on any atom is 0.119 e. The molecule has 3 nitrogen and oxygen atoms in total. The second kappa shape index (κ2) is 8.42. The molecule has 0 spiro atoms. The lowest BCUT2D eigenvalue weighted by molar-refractivity contribution is 0.321. The summed E-state index contributed by atoms with van der Waals surface area (Å²) in [6.07, 6.45) is 4.55. The third kappa shape index (κ3) is 5.96. The summed E-state index contributed by atoms with van der Waals surface area (Å²) in [6, 6.07) is 12.3. The Morgan fingerprint density at radius 1 is 1.10 bits per heavy atom. The number of nitrogens with one attached hydrogen (secondary N) is 1. The molecule has 2 rings (SSSR count). The standard InChI is InChI=1S/C18H24N2O/c1-15(2)12-20-14-17-5-7-18(8-6-17)21-11-9-16-4-3-10-19-13-16/h3-8,10,13,15,20H,9,11-12,14H2,1-2H3. The van der Waals surface area contributed by atoms with Crippen molar-refractivity contribution < 1.29 is 4.74 Å². The van der Waals surface area contributed by atoms with Crippen LogP contribution in [0.25, 0.3) is 0 Å². The van der Waals surface area contributed by atoms with Crippen molar-refractivity contribution in [3.05, 3.63) is 59.9 Å². The smallest absolute Gasteiger partial charge is 0.119 e. The maximum atomic E-state index is 5.76. The van der Waals surface area contributed by atoms with Crippen molar-refractivity contribution in [3.63, 3.8) is 0 Å². The number of hydrogen-bond acceptors (Lipinski definition) is 3. The molecule has 1 heterocycles. The molecule has 3 heteroatoms. The van der Waals surface area contributed by atoms with Crippen LogP contribution in [0.1, 0.15) is 25.0 Å². The molecule has 0 bridgehead atoms. The molecular weight excluding hydrogens is 260 g/mol. The molecule has 0 amide bonds. The van der Waals surface area contributed by atoms with Crippen molar-refractivity contribution in [1.82, 2.24) is 10.3 Å². The number of aromatic nitrogens is 1. The van der Waals surface area contributed by atoms with Crippen LogP contribution >= 0.6 is 0 Å². The summed E-state index contributed by atoms with van der Waals surface area (Å²) in [6.45, 7) is 7.06. The third-order valence-corrected chi connectivity index (χ3v) is 3.19. The molecule has 0 aliphatic heterocycles. The second-order valence-electron chi connectivity index (χ2n) is 5.63. The predicted molar refractivity (Wildman–Crippen MR) is 86.4 cm³/mol. The van der Waals surface area contributed by atoms with E-state index in [1.807, 2.05) is 24.4 Å². The topological polar surface area (TPSA) is 34.1 Å². The zero-order valence-electron chi connectivity index (χ0n) is 12.9. The Morgan fingerprint density at radius 3 is 2.57 bits per heavy atom. The van der Waals surface area contributed by atoms with E-state index in [4.69, 9.17) is 4.74 Å². The summed E-state index contributed by atoms with van der Waals surface area (Å²) in [5.41, 5.74) is 2.49. The van der Waals surface area contributed by atoms with Crippen LogP contribution in [0.3, 0.4) is 0 Å². The van der Waals surface area contributed by atoms with Gasteiger partial charge in [0.15, 0.2) is 0 Å². The van der Waals surface area contributed by atoms with Gasteiger partial charge in [-0.3, -0.25) is 4.98 Å². The first-order valence-corrected chi connectivity index (χ1v) is 7.55. The van der Waals surface area contributed by atoms with Gasteiger partial charge in [-0.2, -0.15) is 0 Å². The van der Waals surface area contributed by atoms with E-state index >= 15 is 0 Å². The van der Waals surface area contributed by atoms with E-state index < -0.39 is 0 Å². The Hall–Kier alpha value is -1.87. The minimum absolute atomic E-state index is 0.677. The number of nitrogens with zero attached hydrogens (tertiary/aromatic N) is 1. The first kappa shape index (κ1) is 15.5. The van der Waals surface area contributed by atoms with Crippen LogP contribution in [0, 0.1) is 5.92 Å². The molecule has 0 aliphatic rings. The van der Waals surface area contributed by atoms with Gasteiger partial charge in [0.1, 0.15) is 5.75 Å². The molecule has 0 radical (unpaired) electrons. The number of benzene rings is 1. The Balaban J connectivity index is 1.72. The van der Waals surface area contributed by atoms with E-state index in [2.05, 4.69) is 42.3 Å². The fraction of sp³-hybridized carbons (Fsp3) is 0.389. The third-order valence-electron chi connectivity index (χ3n) is 3.19. The first-order valence-electron chi connectivity index (χ1n) is 7.55. The second-order valence-corrected chi connectivity index (χ2v) is 5.63. The van der Waals surface area contributed by atoms with Gasteiger partial charge in [-0.05, 0) is 41.8 Å². The molecule has 21 heavy (non-hydrogen) atoms. The summed E-state index contributed by atoms with van der Waals surface area (Å²) < 4.78 is 5.76. The molecule has 0 saturated heterocycles. The van der Waals surface area contributed by atoms with E-state index in [-0.39, 0.29) is 0 Å². The van der Waals surface area contributed by atoms with Gasteiger partial charge in [0, 0.05) is 25.4 Å². The van der Waals surface area contributed by atoms with Crippen LogP contribution in [0.5, 0.6) is 5.75 Å². The van der Waals surface area contributed by atoms with Crippen molar-refractivity contribution in [2.75, 3.05) is 13.2 Å². The van der Waals surface area contributed by atoms with Gasteiger partial charge in [-0.25, -0.2) is 0 Å². The van der Waals surface area contributed by atoms with E-state index in [1.54, 1.807) is 6.20 Å². The molecule has 0 atom stereocenters. The molecule has 0 aliphatic carbocycles. The average molecular weight is 284 g/mol. The summed E-state index contributed by atoms with van der Waals surface area (Å²) in [5, 5.41) is 3.44. The van der Waals surface area contributed by atoms with Crippen LogP contribution in [0.15, 0.2) is 48.8 Å². The molecule has 0 fully saturated rings. The highest BCUT2D eigenvalue weighted by molar-refractivity contribution is 5.27. The molecular formula is C18H24N2O. The minimum Gasteiger partial charge on any atom is -0.493 e. The van der Waals surface area contributed by atoms with Crippen LogP contribution in [-0.2, 0) is 13.0 Å². The molecule has 1 aromatic heterocycles. The summed E-state index contributed by atoms with van der Waals surface area (Å²) >= 11 is 0.